The lowest BCUT2D eigenvalue weighted by Gasteiger charge is -2.21. The van der Waals surface area contributed by atoms with Gasteiger partial charge in [-0.25, -0.2) is 0 Å². The summed E-state index contributed by atoms with van der Waals surface area (Å²) in [5.41, 5.74) is 1.37. The molecule has 0 radical (unpaired) electrons. The Bertz CT molecular complexity index is 970. The molecule has 0 aliphatic heterocycles. The van der Waals surface area contributed by atoms with Crippen molar-refractivity contribution in [3.63, 3.8) is 0 Å². The van der Waals surface area contributed by atoms with E-state index in [1.54, 1.807) is 67.6 Å². The van der Waals surface area contributed by atoms with Crippen LogP contribution in [0.1, 0.15) is 21.5 Å². The zero-order chi connectivity index (χ0) is 20.1. The quantitative estimate of drug-likeness (QED) is 0.619. The molecule has 0 spiro atoms. The van der Waals surface area contributed by atoms with E-state index in [0.29, 0.717) is 27.5 Å². The molecule has 3 aromatic carbocycles. The molecule has 3 rings (SSSR count). The van der Waals surface area contributed by atoms with Crippen LogP contribution in [0.15, 0.2) is 72.8 Å². The van der Waals surface area contributed by atoms with E-state index in [9.17, 15) is 9.36 Å². The van der Waals surface area contributed by atoms with Crippen LogP contribution in [0, 0.1) is 13.8 Å². The van der Waals surface area contributed by atoms with Crippen molar-refractivity contribution in [2.75, 3.05) is 13.2 Å². The summed E-state index contributed by atoms with van der Waals surface area (Å²) in [6.07, 6.45) is 0. The SMILES string of the molecule is Cc1ccc(OCCO)c(C)c1C(=O)P(=O)(c1ccccc1)c1ccccc1. The Morgan fingerprint density at radius 3 is 1.93 bits per heavy atom. The molecule has 0 heterocycles. The molecule has 0 saturated carbocycles. The monoisotopic (exact) mass is 394 g/mol. The molecular formula is C23H23O4P. The Kier molecular flexibility index (Phi) is 6.13. The average Bonchev–Trinajstić information content (AvgIpc) is 2.74. The average molecular weight is 394 g/mol. The molecule has 5 heteroatoms. The number of aliphatic hydroxyl groups excluding tert-OH is 1. The minimum Gasteiger partial charge on any atom is -0.491 e. The first-order chi connectivity index (χ1) is 13.5. The zero-order valence-corrected chi connectivity index (χ0v) is 16.9. The van der Waals surface area contributed by atoms with Crippen LogP contribution in [0.25, 0.3) is 0 Å². The molecule has 0 aliphatic rings. The number of hydrogen-bond acceptors (Lipinski definition) is 4. The molecule has 0 amide bonds. The number of rotatable bonds is 7. The molecule has 0 aromatic heterocycles. The van der Waals surface area contributed by atoms with Gasteiger partial charge in [-0.2, -0.15) is 0 Å². The molecule has 0 saturated heterocycles. The highest BCUT2D eigenvalue weighted by Crippen LogP contribution is 2.48. The summed E-state index contributed by atoms with van der Waals surface area (Å²) < 4.78 is 19.9. The molecule has 0 bridgehead atoms. The van der Waals surface area contributed by atoms with E-state index in [1.807, 2.05) is 19.1 Å². The zero-order valence-electron chi connectivity index (χ0n) is 16.0. The minimum atomic E-state index is -3.58. The van der Waals surface area contributed by atoms with Crippen LogP contribution in [-0.4, -0.2) is 23.8 Å². The number of aliphatic hydroxyl groups is 1. The Labute approximate surface area is 165 Å². The molecule has 28 heavy (non-hydrogen) atoms. The Hall–Kier alpha value is -2.68. The number of aryl methyl sites for hydroxylation is 1. The fourth-order valence-corrected chi connectivity index (χ4v) is 5.90. The predicted octanol–water partition coefficient (Wildman–Crippen LogP) is 3.83. The van der Waals surface area contributed by atoms with E-state index in [2.05, 4.69) is 0 Å². The summed E-state index contributed by atoms with van der Waals surface area (Å²) in [5.74, 6) is 0.510. The number of hydrogen-bond donors (Lipinski definition) is 1. The molecule has 0 atom stereocenters. The van der Waals surface area contributed by atoms with Gasteiger partial charge in [-0.15, -0.1) is 0 Å². The van der Waals surface area contributed by atoms with Gasteiger partial charge in [0.1, 0.15) is 12.4 Å². The highest BCUT2D eigenvalue weighted by atomic mass is 31.2. The maximum atomic E-state index is 14.3. The summed E-state index contributed by atoms with van der Waals surface area (Å²) >= 11 is 0. The van der Waals surface area contributed by atoms with Crippen molar-refractivity contribution in [3.8, 4) is 5.75 Å². The third-order valence-corrected chi connectivity index (χ3v) is 7.56. The molecule has 1 N–H and O–H groups in total. The summed E-state index contributed by atoms with van der Waals surface area (Å²) in [7, 11) is -3.58. The van der Waals surface area contributed by atoms with Gasteiger partial charge in [0.15, 0.2) is 0 Å². The van der Waals surface area contributed by atoms with Gasteiger partial charge >= 0.3 is 0 Å². The summed E-state index contributed by atoms with van der Waals surface area (Å²) in [6, 6.07) is 21.3. The molecule has 3 aromatic rings. The van der Waals surface area contributed by atoms with Gasteiger partial charge in [0, 0.05) is 21.7 Å². The highest BCUT2D eigenvalue weighted by Gasteiger charge is 2.38. The van der Waals surface area contributed by atoms with E-state index in [4.69, 9.17) is 9.84 Å². The second kappa shape index (κ2) is 8.55. The van der Waals surface area contributed by atoms with Crippen LogP contribution in [0.3, 0.4) is 0 Å². The molecule has 0 aliphatic carbocycles. The van der Waals surface area contributed by atoms with Gasteiger partial charge in [-0.05, 0) is 25.5 Å². The third-order valence-electron chi connectivity index (χ3n) is 4.71. The van der Waals surface area contributed by atoms with Gasteiger partial charge in [-0.1, -0.05) is 66.7 Å². The number of ether oxygens (including phenoxy) is 1. The second-order valence-electron chi connectivity index (χ2n) is 6.54. The van der Waals surface area contributed by atoms with Crippen molar-refractivity contribution in [1.29, 1.82) is 0 Å². The first kappa shape index (κ1) is 20.1. The smallest absolute Gasteiger partial charge is 0.230 e. The standard InChI is InChI=1S/C23H23O4P/c1-17-13-14-21(27-16-15-24)18(2)22(17)23(25)28(26,19-9-5-3-6-10-19)20-11-7-4-8-12-20/h3-14,24H,15-16H2,1-2H3. The first-order valence-corrected chi connectivity index (χ1v) is 10.8. The summed E-state index contributed by atoms with van der Waals surface area (Å²) in [5, 5.41) is 10.1. The first-order valence-electron chi connectivity index (χ1n) is 9.10. The van der Waals surface area contributed by atoms with Gasteiger partial charge in [0.2, 0.25) is 12.7 Å². The summed E-state index contributed by atoms with van der Waals surface area (Å²) in [4.78, 5) is 13.8. The highest BCUT2D eigenvalue weighted by molar-refractivity contribution is 7.93. The fraction of sp³-hybridized carbons (Fsp3) is 0.174. The minimum absolute atomic E-state index is 0.122. The second-order valence-corrected chi connectivity index (χ2v) is 9.20. The van der Waals surface area contributed by atoms with Crippen molar-refractivity contribution in [1.82, 2.24) is 0 Å². The molecule has 0 unspecified atom stereocenters. The number of carbonyl (C=O) groups is 1. The Balaban J connectivity index is 2.21. The Morgan fingerprint density at radius 2 is 1.43 bits per heavy atom. The van der Waals surface area contributed by atoms with Gasteiger partial charge in [0.05, 0.1) is 6.61 Å². The topological polar surface area (TPSA) is 63.6 Å². The fourth-order valence-electron chi connectivity index (χ4n) is 3.29. The summed E-state index contributed by atoms with van der Waals surface area (Å²) in [6.45, 7) is 3.62. The van der Waals surface area contributed by atoms with Crippen molar-refractivity contribution in [2.45, 2.75) is 13.8 Å². The van der Waals surface area contributed by atoms with E-state index < -0.39 is 12.7 Å². The van der Waals surface area contributed by atoms with Crippen molar-refractivity contribution >= 4 is 23.3 Å². The number of benzene rings is 3. The van der Waals surface area contributed by atoms with E-state index in [0.717, 1.165) is 5.56 Å². The number of carbonyl (C=O) groups excluding carboxylic acids is 1. The normalized spacial score (nSPS) is 11.2. The Morgan fingerprint density at radius 1 is 0.893 bits per heavy atom. The molecule has 144 valence electrons. The lowest BCUT2D eigenvalue weighted by Crippen LogP contribution is -2.24. The largest absolute Gasteiger partial charge is 0.491 e. The maximum Gasteiger partial charge on any atom is 0.230 e. The van der Waals surface area contributed by atoms with Crippen LogP contribution in [0.2, 0.25) is 0 Å². The van der Waals surface area contributed by atoms with Crippen molar-refractivity contribution in [2.24, 2.45) is 0 Å². The van der Waals surface area contributed by atoms with E-state index in [-0.39, 0.29) is 13.2 Å². The molecule has 0 fully saturated rings. The van der Waals surface area contributed by atoms with Crippen molar-refractivity contribution in [3.05, 3.63) is 89.5 Å². The van der Waals surface area contributed by atoms with Crippen LogP contribution in [0.4, 0.5) is 0 Å². The molecule has 4 nitrogen and oxygen atoms in total. The maximum absolute atomic E-state index is 14.3. The van der Waals surface area contributed by atoms with Crippen LogP contribution >= 0.6 is 7.14 Å². The lowest BCUT2D eigenvalue weighted by molar-refractivity contribution is 0.107. The van der Waals surface area contributed by atoms with Gasteiger partial charge < -0.3 is 14.4 Å². The lowest BCUT2D eigenvalue weighted by atomic mass is 10.0. The van der Waals surface area contributed by atoms with E-state index in [1.165, 1.54) is 0 Å². The predicted molar refractivity (Wildman–Crippen MR) is 113 cm³/mol. The van der Waals surface area contributed by atoms with Crippen molar-refractivity contribution < 1.29 is 19.2 Å². The van der Waals surface area contributed by atoms with Crippen LogP contribution < -0.4 is 15.3 Å². The van der Waals surface area contributed by atoms with Crippen LogP contribution in [0.5, 0.6) is 5.75 Å². The third kappa shape index (κ3) is 3.66. The van der Waals surface area contributed by atoms with Gasteiger partial charge in [0.25, 0.3) is 0 Å². The van der Waals surface area contributed by atoms with E-state index >= 15 is 0 Å². The van der Waals surface area contributed by atoms with Gasteiger partial charge in [-0.3, -0.25) is 4.79 Å². The van der Waals surface area contributed by atoms with Crippen LogP contribution in [-0.2, 0) is 4.57 Å². The molecular weight excluding hydrogens is 371 g/mol.